The van der Waals surface area contributed by atoms with Crippen molar-refractivity contribution in [1.29, 1.82) is 0 Å². The molecule has 3 aromatic carbocycles. The molecule has 0 amide bonds. The first-order valence-electron chi connectivity index (χ1n) is 15.1. The molecule has 5 atom stereocenters. The molecular weight excluding hydrogens is 580 g/mol. The van der Waals surface area contributed by atoms with Crippen LogP contribution in [0.15, 0.2) is 83.8 Å². The van der Waals surface area contributed by atoms with Crippen LogP contribution in [-0.4, -0.2) is 55.2 Å². The van der Waals surface area contributed by atoms with Crippen LogP contribution in [0.2, 0.25) is 0 Å². The van der Waals surface area contributed by atoms with Gasteiger partial charge in [0.15, 0.2) is 6.29 Å². The maximum atomic E-state index is 13.1. The fourth-order valence-electron chi connectivity index (χ4n) is 5.80. The molecule has 2 saturated heterocycles. The highest BCUT2D eigenvalue weighted by atomic mass is 32.2. The molecule has 44 heavy (non-hydrogen) atoms. The van der Waals surface area contributed by atoms with Gasteiger partial charge in [-0.15, -0.1) is 0 Å². The summed E-state index contributed by atoms with van der Waals surface area (Å²) in [6.07, 6.45) is 0.178. The molecule has 2 fully saturated rings. The number of aliphatic hydroxyl groups is 1. The molecule has 10 heteroatoms. The largest absolute Gasteiger partial charge is 0.459 e. The molecule has 0 unspecified atom stereocenters. The molecule has 2 heterocycles. The molecule has 0 radical (unpaired) electrons. The Morgan fingerprint density at radius 2 is 1.73 bits per heavy atom. The summed E-state index contributed by atoms with van der Waals surface area (Å²) in [5.74, 6) is -0.299. The maximum absolute atomic E-state index is 13.1. The van der Waals surface area contributed by atoms with Crippen molar-refractivity contribution >= 4 is 21.7 Å². The fraction of sp³-hybridized carbons (Fsp3) is 0.441. The van der Waals surface area contributed by atoms with Gasteiger partial charge < -0.3 is 19.3 Å². The molecular formula is C34H42N2O7S. The van der Waals surface area contributed by atoms with E-state index >= 15 is 0 Å². The second-order valence-electron chi connectivity index (χ2n) is 12.6. The van der Waals surface area contributed by atoms with Gasteiger partial charge in [0.1, 0.15) is 11.6 Å². The third-order valence-corrected chi connectivity index (χ3v) is 9.44. The van der Waals surface area contributed by atoms with Gasteiger partial charge in [0, 0.05) is 23.7 Å². The summed E-state index contributed by atoms with van der Waals surface area (Å²) in [5, 5.41) is 9.56. The number of carbonyl (C=O) groups is 1. The van der Waals surface area contributed by atoms with Crippen molar-refractivity contribution in [2.45, 2.75) is 82.2 Å². The van der Waals surface area contributed by atoms with Crippen LogP contribution < -0.4 is 4.72 Å². The van der Waals surface area contributed by atoms with Crippen molar-refractivity contribution in [3.8, 4) is 0 Å². The lowest BCUT2D eigenvalue weighted by molar-refractivity contribution is -0.276. The van der Waals surface area contributed by atoms with E-state index in [1.807, 2.05) is 51.1 Å². The Bertz CT molecular complexity index is 1520. The number of hydrogen-bond donors (Lipinski definition) is 2. The lowest BCUT2D eigenvalue weighted by Gasteiger charge is -2.43. The number of aliphatic hydroxyl groups excluding tert-OH is 1. The van der Waals surface area contributed by atoms with E-state index in [4.69, 9.17) is 14.2 Å². The van der Waals surface area contributed by atoms with Crippen LogP contribution in [0.5, 0.6) is 0 Å². The number of rotatable bonds is 9. The van der Waals surface area contributed by atoms with E-state index < -0.39 is 21.9 Å². The molecule has 236 valence electrons. The molecule has 0 saturated carbocycles. The highest BCUT2D eigenvalue weighted by molar-refractivity contribution is 7.92. The SMILES string of the molecule is C[C@H]1[C@@H](CN2CCC[C@H]2C(=O)OC(C)(C)C)O[C@@H](c2cccc(NS(=O)(=O)c3ccccc3)c2)O[C@H]1c1ccc(CO)cc1. The number of nitrogens with zero attached hydrogens (tertiary/aromatic N) is 1. The summed E-state index contributed by atoms with van der Waals surface area (Å²) in [4.78, 5) is 15.4. The minimum absolute atomic E-state index is 0.0532. The van der Waals surface area contributed by atoms with Crippen LogP contribution >= 0.6 is 0 Å². The van der Waals surface area contributed by atoms with Crippen LogP contribution in [0, 0.1) is 5.92 Å². The zero-order valence-corrected chi connectivity index (χ0v) is 26.5. The molecule has 3 aromatic rings. The van der Waals surface area contributed by atoms with Gasteiger partial charge >= 0.3 is 5.97 Å². The van der Waals surface area contributed by atoms with Crippen molar-refractivity contribution in [1.82, 2.24) is 4.90 Å². The first-order valence-corrected chi connectivity index (χ1v) is 16.6. The zero-order chi connectivity index (χ0) is 31.5. The van der Waals surface area contributed by atoms with Crippen LogP contribution in [0.1, 0.15) is 69.6 Å². The zero-order valence-electron chi connectivity index (χ0n) is 25.7. The second-order valence-corrected chi connectivity index (χ2v) is 14.2. The lowest BCUT2D eigenvalue weighted by atomic mass is 9.90. The number of nitrogens with one attached hydrogen (secondary N) is 1. The van der Waals surface area contributed by atoms with Gasteiger partial charge in [0.2, 0.25) is 0 Å². The summed E-state index contributed by atoms with van der Waals surface area (Å²) < 4.78 is 47.6. The number of anilines is 1. The molecule has 0 aliphatic carbocycles. The first-order chi connectivity index (χ1) is 20.9. The van der Waals surface area contributed by atoms with Crippen LogP contribution in [0.3, 0.4) is 0 Å². The minimum Gasteiger partial charge on any atom is -0.459 e. The van der Waals surface area contributed by atoms with E-state index in [0.717, 1.165) is 30.5 Å². The van der Waals surface area contributed by atoms with E-state index in [2.05, 4.69) is 16.5 Å². The van der Waals surface area contributed by atoms with E-state index in [-0.39, 0.29) is 41.6 Å². The number of hydrogen-bond acceptors (Lipinski definition) is 8. The van der Waals surface area contributed by atoms with Gasteiger partial charge in [0.05, 0.1) is 23.7 Å². The Hall–Kier alpha value is -3.28. The number of likely N-dealkylation sites (tertiary alicyclic amines) is 1. The number of benzene rings is 3. The first kappa shape index (κ1) is 32.1. The maximum Gasteiger partial charge on any atom is 0.323 e. The number of esters is 1. The quantitative estimate of drug-likeness (QED) is 0.298. The predicted octanol–water partition coefficient (Wildman–Crippen LogP) is 5.58. The summed E-state index contributed by atoms with van der Waals surface area (Å²) >= 11 is 0. The number of sulfonamides is 1. The van der Waals surface area contributed by atoms with Crippen molar-refractivity contribution in [2.24, 2.45) is 5.92 Å². The average molecular weight is 623 g/mol. The minimum atomic E-state index is -3.79. The van der Waals surface area contributed by atoms with E-state index in [0.29, 0.717) is 17.8 Å². The molecule has 2 N–H and O–H groups in total. The Morgan fingerprint density at radius 3 is 2.41 bits per heavy atom. The third-order valence-electron chi connectivity index (χ3n) is 8.04. The molecule has 2 aliphatic rings. The van der Waals surface area contributed by atoms with Gasteiger partial charge in [0.25, 0.3) is 10.0 Å². The van der Waals surface area contributed by atoms with Crippen molar-refractivity contribution in [3.05, 3.63) is 95.6 Å². The molecule has 0 spiro atoms. The Kier molecular flexibility index (Phi) is 9.77. The van der Waals surface area contributed by atoms with Crippen LogP contribution in [0.4, 0.5) is 5.69 Å². The molecule has 5 rings (SSSR count). The molecule has 0 bridgehead atoms. The average Bonchev–Trinajstić information content (AvgIpc) is 3.46. The summed E-state index contributed by atoms with van der Waals surface area (Å²) in [5.41, 5.74) is 2.23. The lowest BCUT2D eigenvalue weighted by Crippen LogP contribution is -2.48. The van der Waals surface area contributed by atoms with E-state index in [1.165, 1.54) is 0 Å². The molecule has 9 nitrogen and oxygen atoms in total. The van der Waals surface area contributed by atoms with Gasteiger partial charge in [-0.1, -0.05) is 61.5 Å². The normalized spacial score (nSPS) is 24.6. The summed E-state index contributed by atoms with van der Waals surface area (Å²) in [6.45, 7) is 8.92. The highest BCUT2D eigenvalue weighted by Crippen LogP contribution is 2.42. The monoisotopic (exact) mass is 622 g/mol. The predicted molar refractivity (Wildman–Crippen MR) is 167 cm³/mol. The Labute approximate surface area is 260 Å². The van der Waals surface area contributed by atoms with Gasteiger partial charge in [-0.2, -0.15) is 0 Å². The van der Waals surface area contributed by atoms with Gasteiger partial charge in [-0.25, -0.2) is 8.42 Å². The smallest absolute Gasteiger partial charge is 0.323 e. The van der Waals surface area contributed by atoms with Crippen molar-refractivity contribution in [2.75, 3.05) is 17.8 Å². The van der Waals surface area contributed by atoms with Crippen LogP contribution in [-0.2, 0) is 35.6 Å². The van der Waals surface area contributed by atoms with Crippen LogP contribution in [0.25, 0.3) is 0 Å². The number of ether oxygens (including phenoxy) is 3. The van der Waals surface area contributed by atoms with Gasteiger partial charge in [-0.3, -0.25) is 14.4 Å². The van der Waals surface area contributed by atoms with Gasteiger partial charge in [-0.05, 0) is 75.5 Å². The second kappa shape index (κ2) is 13.4. The standard InChI is InChI=1S/C34H42N2O7S/c1-23-30(21-36-19-9-14-29(36)32(38)43-34(2,3)4)41-33(42-31(23)25-17-15-24(22-37)16-18-25)26-10-8-11-27(20-26)35-44(39,40)28-12-6-5-7-13-28/h5-8,10-13,15-18,20,23,29-31,33,35,37H,9,14,19,21-22H2,1-4H3/t23-,29-,30+,31+,33+/m0/s1. The summed E-state index contributed by atoms with van der Waals surface area (Å²) in [6, 6.07) is 22.6. The third kappa shape index (κ3) is 7.68. The fourth-order valence-corrected chi connectivity index (χ4v) is 6.87. The van der Waals surface area contributed by atoms with Crippen molar-refractivity contribution < 1.29 is 32.5 Å². The number of carbonyl (C=O) groups excluding carboxylic acids is 1. The van der Waals surface area contributed by atoms with E-state index in [9.17, 15) is 18.3 Å². The molecule has 0 aromatic heterocycles. The molecule has 2 aliphatic heterocycles. The topological polar surface area (TPSA) is 114 Å². The summed E-state index contributed by atoms with van der Waals surface area (Å²) in [7, 11) is -3.79. The van der Waals surface area contributed by atoms with E-state index in [1.54, 1.807) is 48.5 Å². The Morgan fingerprint density at radius 1 is 1.00 bits per heavy atom. The van der Waals surface area contributed by atoms with Crippen molar-refractivity contribution in [3.63, 3.8) is 0 Å². The Balaban J connectivity index is 1.41. The highest BCUT2D eigenvalue weighted by Gasteiger charge is 2.42.